The highest BCUT2D eigenvalue weighted by Gasteiger charge is 2.38. The van der Waals surface area contributed by atoms with Crippen molar-refractivity contribution in [3.8, 4) is 5.69 Å². The molecule has 1 saturated carbocycles. The number of nitrogens with zero attached hydrogens (tertiary/aromatic N) is 4. The van der Waals surface area contributed by atoms with E-state index >= 15 is 0 Å². The summed E-state index contributed by atoms with van der Waals surface area (Å²) in [4.78, 5) is 34.3. The Morgan fingerprint density at radius 2 is 2.07 bits per heavy atom. The highest BCUT2D eigenvalue weighted by Crippen LogP contribution is 2.33. The molecule has 0 spiro atoms. The van der Waals surface area contributed by atoms with E-state index in [4.69, 9.17) is 5.11 Å². The van der Waals surface area contributed by atoms with Gasteiger partial charge in [0.2, 0.25) is 0 Å². The van der Waals surface area contributed by atoms with E-state index < -0.39 is 22.3 Å². The number of hydrogen-bond acceptors (Lipinski definition) is 6. The third-order valence-electron chi connectivity index (χ3n) is 4.82. The molecular weight excluding hydrogens is 354 g/mol. The molecule has 0 atom stereocenters. The van der Waals surface area contributed by atoms with Crippen LogP contribution in [0, 0.1) is 17.0 Å². The predicted octanol–water partition coefficient (Wildman–Crippen LogP) is 2.00. The average Bonchev–Trinajstić information content (AvgIpc) is 3.21. The summed E-state index contributed by atoms with van der Waals surface area (Å²) in [7, 11) is 0. The number of nitro groups is 1. The highest BCUT2D eigenvalue weighted by atomic mass is 16.6. The van der Waals surface area contributed by atoms with Crippen LogP contribution in [-0.4, -0.2) is 42.4 Å². The van der Waals surface area contributed by atoms with Gasteiger partial charge in [-0.05, 0) is 25.8 Å². The molecule has 1 aromatic heterocycles. The second kappa shape index (κ2) is 7.14. The molecule has 2 aromatic rings. The van der Waals surface area contributed by atoms with Crippen molar-refractivity contribution in [3.63, 3.8) is 0 Å². The molecule has 1 aliphatic rings. The molecule has 1 heterocycles. The van der Waals surface area contributed by atoms with Crippen molar-refractivity contribution in [1.82, 2.24) is 20.3 Å². The van der Waals surface area contributed by atoms with Gasteiger partial charge in [-0.2, -0.15) is 0 Å². The van der Waals surface area contributed by atoms with Gasteiger partial charge in [-0.1, -0.05) is 24.1 Å². The van der Waals surface area contributed by atoms with E-state index in [0.29, 0.717) is 24.2 Å². The first-order chi connectivity index (χ1) is 12.8. The van der Waals surface area contributed by atoms with E-state index in [1.807, 2.05) is 0 Å². The van der Waals surface area contributed by atoms with Gasteiger partial charge < -0.3 is 10.4 Å². The van der Waals surface area contributed by atoms with Gasteiger partial charge in [-0.3, -0.25) is 19.7 Å². The number of hydrogen-bond donors (Lipinski definition) is 2. The molecule has 10 nitrogen and oxygen atoms in total. The number of amides is 1. The number of aromatic nitrogens is 3. The number of rotatable bonds is 6. The van der Waals surface area contributed by atoms with Crippen LogP contribution in [0.2, 0.25) is 0 Å². The van der Waals surface area contributed by atoms with Crippen LogP contribution in [-0.2, 0) is 4.79 Å². The van der Waals surface area contributed by atoms with Crippen LogP contribution >= 0.6 is 0 Å². The summed E-state index contributed by atoms with van der Waals surface area (Å²) < 4.78 is 1.35. The van der Waals surface area contributed by atoms with Gasteiger partial charge >= 0.3 is 5.97 Å². The third kappa shape index (κ3) is 3.78. The van der Waals surface area contributed by atoms with Crippen molar-refractivity contribution < 1.29 is 19.6 Å². The molecule has 142 valence electrons. The second-order valence-corrected chi connectivity index (χ2v) is 6.72. The molecule has 1 amide bonds. The molecule has 0 saturated heterocycles. The normalized spacial score (nSPS) is 15.4. The Kier molecular flexibility index (Phi) is 4.89. The van der Waals surface area contributed by atoms with Crippen LogP contribution in [0.4, 0.5) is 5.69 Å². The van der Waals surface area contributed by atoms with Gasteiger partial charge in [0.15, 0.2) is 5.69 Å². The van der Waals surface area contributed by atoms with Crippen molar-refractivity contribution >= 4 is 17.6 Å². The van der Waals surface area contributed by atoms with Gasteiger partial charge in [0, 0.05) is 12.1 Å². The van der Waals surface area contributed by atoms with Crippen LogP contribution in [0.1, 0.15) is 48.3 Å². The molecule has 0 unspecified atom stereocenters. The highest BCUT2D eigenvalue weighted by molar-refractivity contribution is 5.94. The summed E-state index contributed by atoms with van der Waals surface area (Å²) in [5, 5.41) is 30.8. The van der Waals surface area contributed by atoms with Crippen molar-refractivity contribution in [2.24, 2.45) is 0 Å². The average molecular weight is 373 g/mol. The first kappa shape index (κ1) is 18.5. The Bertz CT molecular complexity index is 901. The van der Waals surface area contributed by atoms with E-state index in [9.17, 15) is 19.7 Å². The molecular formula is C17H19N5O5. The lowest BCUT2D eigenvalue weighted by Crippen LogP contribution is -2.48. The van der Waals surface area contributed by atoms with Crippen LogP contribution in [0.5, 0.6) is 0 Å². The second-order valence-electron chi connectivity index (χ2n) is 6.72. The number of nitrogens with one attached hydrogen (secondary N) is 1. The smallest absolute Gasteiger partial charge is 0.305 e. The Morgan fingerprint density at radius 1 is 1.37 bits per heavy atom. The minimum atomic E-state index is -0.964. The van der Waals surface area contributed by atoms with Crippen LogP contribution in [0.3, 0.4) is 0 Å². The number of non-ortho nitro benzene ring substituents is 1. The molecule has 0 bridgehead atoms. The van der Waals surface area contributed by atoms with E-state index in [0.717, 1.165) is 12.8 Å². The number of nitro benzene ring substituents is 1. The van der Waals surface area contributed by atoms with Crippen LogP contribution in [0.25, 0.3) is 5.69 Å². The van der Waals surface area contributed by atoms with E-state index in [1.165, 1.54) is 22.9 Å². The molecule has 2 N–H and O–H groups in total. The number of benzene rings is 1. The zero-order valence-electron chi connectivity index (χ0n) is 14.7. The SMILES string of the molecule is Cc1c(C(=O)NC2(CC(=O)O)CCCC2)nnn1-c1cccc([N+](=O)[O-])c1. The summed E-state index contributed by atoms with van der Waals surface area (Å²) in [5.74, 6) is -1.46. The van der Waals surface area contributed by atoms with E-state index in [1.54, 1.807) is 13.0 Å². The minimum Gasteiger partial charge on any atom is -0.481 e. The predicted molar refractivity (Wildman–Crippen MR) is 93.7 cm³/mol. The van der Waals surface area contributed by atoms with Gasteiger partial charge in [-0.25, -0.2) is 4.68 Å². The number of aliphatic carboxylic acids is 1. The maximum Gasteiger partial charge on any atom is 0.305 e. The zero-order chi connectivity index (χ0) is 19.6. The Morgan fingerprint density at radius 3 is 2.70 bits per heavy atom. The minimum absolute atomic E-state index is 0.0677. The van der Waals surface area contributed by atoms with E-state index in [2.05, 4.69) is 15.6 Å². The fourth-order valence-electron chi connectivity index (χ4n) is 3.51. The first-order valence-corrected chi connectivity index (χ1v) is 8.53. The number of carboxylic acids is 1. The Balaban J connectivity index is 1.86. The van der Waals surface area contributed by atoms with Gasteiger partial charge in [0.1, 0.15) is 0 Å². The summed E-state index contributed by atoms with van der Waals surface area (Å²) in [6, 6.07) is 5.85. The molecule has 27 heavy (non-hydrogen) atoms. The number of carbonyl (C=O) groups is 2. The topological polar surface area (TPSA) is 140 Å². The molecule has 0 radical (unpaired) electrons. The summed E-state index contributed by atoms with van der Waals surface area (Å²) in [5.41, 5.74) is 0.0220. The van der Waals surface area contributed by atoms with E-state index in [-0.39, 0.29) is 17.8 Å². The summed E-state index contributed by atoms with van der Waals surface area (Å²) >= 11 is 0. The maximum absolute atomic E-state index is 12.7. The van der Waals surface area contributed by atoms with Gasteiger partial charge in [-0.15, -0.1) is 5.10 Å². The summed E-state index contributed by atoms with van der Waals surface area (Å²) in [6.45, 7) is 1.63. The fourth-order valence-corrected chi connectivity index (χ4v) is 3.51. The lowest BCUT2D eigenvalue weighted by molar-refractivity contribution is -0.384. The molecule has 10 heteroatoms. The largest absolute Gasteiger partial charge is 0.481 e. The molecule has 1 fully saturated rings. The number of carboxylic acid groups (broad SMARTS) is 1. The first-order valence-electron chi connectivity index (χ1n) is 8.53. The van der Waals surface area contributed by atoms with Gasteiger partial charge in [0.25, 0.3) is 11.6 Å². The molecule has 3 rings (SSSR count). The monoisotopic (exact) mass is 373 g/mol. The van der Waals surface area contributed by atoms with Crippen molar-refractivity contribution in [3.05, 3.63) is 45.8 Å². The fraction of sp³-hybridized carbons (Fsp3) is 0.412. The quantitative estimate of drug-likeness (QED) is 0.583. The lowest BCUT2D eigenvalue weighted by Gasteiger charge is -2.28. The standard InChI is InChI=1S/C17H19N5O5/c1-11-15(16(25)18-17(10-14(23)24)7-2-3-8-17)19-20-21(11)12-5-4-6-13(9-12)22(26)27/h4-6,9H,2-3,7-8,10H2,1H3,(H,18,25)(H,23,24). The molecule has 1 aliphatic carbocycles. The van der Waals surface area contributed by atoms with Gasteiger partial charge in [0.05, 0.1) is 28.3 Å². The Hall–Kier alpha value is -3.30. The number of carbonyl (C=O) groups excluding carboxylic acids is 1. The van der Waals surface area contributed by atoms with Crippen molar-refractivity contribution in [2.45, 2.75) is 44.6 Å². The molecule has 0 aliphatic heterocycles. The zero-order valence-corrected chi connectivity index (χ0v) is 14.7. The van der Waals surface area contributed by atoms with Crippen molar-refractivity contribution in [1.29, 1.82) is 0 Å². The maximum atomic E-state index is 12.7. The Labute approximate surface area is 154 Å². The van der Waals surface area contributed by atoms with Crippen LogP contribution < -0.4 is 5.32 Å². The summed E-state index contributed by atoms with van der Waals surface area (Å²) in [6.07, 6.45) is 2.77. The lowest BCUT2D eigenvalue weighted by atomic mass is 9.93. The third-order valence-corrected chi connectivity index (χ3v) is 4.82. The van der Waals surface area contributed by atoms with Crippen molar-refractivity contribution in [2.75, 3.05) is 0 Å². The van der Waals surface area contributed by atoms with Crippen LogP contribution in [0.15, 0.2) is 24.3 Å². The molecule has 1 aromatic carbocycles.